The first-order chi connectivity index (χ1) is 20.1. The molecule has 1 fully saturated rings. The number of amides is 1. The van der Waals surface area contributed by atoms with Crippen molar-refractivity contribution >= 4 is 52.0 Å². The summed E-state index contributed by atoms with van der Waals surface area (Å²) in [5.74, 6) is 0.794. The van der Waals surface area contributed by atoms with Crippen molar-refractivity contribution in [1.29, 1.82) is 0 Å². The maximum atomic E-state index is 14.4. The number of carbonyl (C=O) groups is 1. The molecule has 0 unspecified atom stereocenters. The second-order valence-corrected chi connectivity index (χ2v) is 13.7. The van der Waals surface area contributed by atoms with Crippen LogP contribution in [0.15, 0.2) is 40.3 Å². The third-order valence-corrected chi connectivity index (χ3v) is 8.86. The largest absolute Gasteiger partial charge is 0.444 e. The van der Waals surface area contributed by atoms with Gasteiger partial charge < -0.3 is 9.64 Å². The minimum Gasteiger partial charge on any atom is -0.444 e. The van der Waals surface area contributed by atoms with E-state index in [0.29, 0.717) is 31.0 Å². The van der Waals surface area contributed by atoms with Gasteiger partial charge in [-0.15, -0.1) is 11.8 Å². The lowest BCUT2D eigenvalue weighted by molar-refractivity contribution is -0.138. The van der Waals surface area contributed by atoms with Gasteiger partial charge in [-0.1, -0.05) is 30.1 Å². The zero-order valence-electron chi connectivity index (χ0n) is 24.7. The molecule has 0 radical (unpaired) electrons. The summed E-state index contributed by atoms with van der Waals surface area (Å²) in [5, 5.41) is 0.0692. The zero-order valence-corrected chi connectivity index (χ0v) is 27.1. The van der Waals surface area contributed by atoms with Gasteiger partial charge in [-0.05, 0) is 81.3 Å². The van der Waals surface area contributed by atoms with Crippen LogP contribution in [0.5, 0.6) is 0 Å². The molecule has 1 amide bonds. The number of rotatable bonds is 7. The van der Waals surface area contributed by atoms with E-state index in [9.17, 15) is 22.8 Å². The normalized spacial score (nSPS) is 16.5. The minimum absolute atomic E-state index is 0.0135. The Morgan fingerprint density at radius 2 is 1.91 bits per heavy atom. The number of hydrogen-bond donors (Lipinski definition) is 0. The molecule has 0 spiro atoms. The Morgan fingerprint density at radius 1 is 1.19 bits per heavy atom. The highest BCUT2D eigenvalue weighted by molar-refractivity contribution is 7.99. The second kappa shape index (κ2) is 13.3. The van der Waals surface area contributed by atoms with Crippen LogP contribution in [-0.4, -0.2) is 63.0 Å². The number of fused-ring (bicyclic) bond motifs is 1. The van der Waals surface area contributed by atoms with Crippen LogP contribution in [0.1, 0.15) is 57.2 Å². The first-order valence-corrected chi connectivity index (χ1v) is 15.7. The highest BCUT2D eigenvalue weighted by atomic mass is 35.5. The van der Waals surface area contributed by atoms with Crippen LogP contribution in [0.4, 0.5) is 18.0 Å². The van der Waals surface area contributed by atoms with Crippen LogP contribution in [0.3, 0.4) is 0 Å². The number of benzene rings is 2. The van der Waals surface area contributed by atoms with Gasteiger partial charge in [-0.25, -0.2) is 9.78 Å². The van der Waals surface area contributed by atoms with Gasteiger partial charge in [-0.3, -0.25) is 14.3 Å². The molecular formula is C30H35Cl2F3N4O3S. The van der Waals surface area contributed by atoms with E-state index in [1.807, 2.05) is 17.9 Å². The molecular weight excluding hydrogens is 624 g/mol. The molecule has 13 heteroatoms. The van der Waals surface area contributed by atoms with Crippen LogP contribution in [0.2, 0.25) is 10.0 Å². The number of nitrogens with zero attached hydrogens (tertiary/aromatic N) is 4. The Hall–Kier alpha value is -2.47. The molecule has 234 valence electrons. The van der Waals surface area contributed by atoms with Gasteiger partial charge in [0.1, 0.15) is 5.60 Å². The fourth-order valence-corrected chi connectivity index (χ4v) is 6.46. The van der Waals surface area contributed by atoms with E-state index in [1.54, 1.807) is 51.7 Å². The lowest BCUT2D eigenvalue weighted by Crippen LogP contribution is -2.49. The first kappa shape index (κ1) is 33.4. The Labute approximate surface area is 263 Å². The monoisotopic (exact) mass is 658 g/mol. The van der Waals surface area contributed by atoms with Crippen molar-refractivity contribution in [1.82, 2.24) is 19.4 Å². The molecule has 0 aliphatic carbocycles. The van der Waals surface area contributed by atoms with E-state index in [1.165, 1.54) is 15.8 Å². The van der Waals surface area contributed by atoms with Crippen molar-refractivity contribution in [2.24, 2.45) is 0 Å². The van der Waals surface area contributed by atoms with Gasteiger partial charge in [0.15, 0.2) is 0 Å². The Balaban J connectivity index is 1.68. The Bertz CT molecular complexity index is 1560. The molecule has 2 aromatic carbocycles. The van der Waals surface area contributed by atoms with Crippen molar-refractivity contribution in [2.45, 2.75) is 76.3 Å². The molecule has 0 N–H and O–H groups in total. The molecule has 1 aliphatic rings. The number of ether oxygens (including phenoxy) is 1. The fourth-order valence-electron chi connectivity index (χ4n) is 5.17. The lowest BCUT2D eigenvalue weighted by atomic mass is 10.00. The second-order valence-electron chi connectivity index (χ2n) is 11.6. The molecule has 0 saturated carbocycles. The number of alkyl halides is 3. The third kappa shape index (κ3) is 7.98. The average Bonchev–Trinajstić information content (AvgIpc) is 2.91. The summed E-state index contributed by atoms with van der Waals surface area (Å²) in [6.07, 6.45) is -2.58. The van der Waals surface area contributed by atoms with E-state index < -0.39 is 29.0 Å². The number of carbonyl (C=O) groups excluding carboxylic acids is 1. The van der Waals surface area contributed by atoms with E-state index in [0.717, 1.165) is 22.3 Å². The van der Waals surface area contributed by atoms with Gasteiger partial charge in [0, 0.05) is 36.1 Å². The molecule has 1 aromatic heterocycles. The quantitative estimate of drug-likeness (QED) is 0.242. The maximum absolute atomic E-state index is 14.4. The Morgan fingerprint density at radius 3 is 2.56 bits per heavy atom. The van der Waals surface area contributed by atoms with Gasteiger partial charge in [-0.2, -0.15) is 13.2 Å². The first-order valence-electron chi connectivity index (χ1n) is 14.0. The standard InChI is InChI=1S/C30H35Cl2F3N4O3S/c1-6-43-24-10-9-19(31)12-18(24)14-39-17-36-26-21(27(39)40)13-23(30(33,34)35)22(25(26)32)16-38-11-7-8-20(15-38)37(5)28(41)42-29(2,3)4/h9-10,12-13,17,20H,6-8,11,14-16H2,1-5H3/t20-/m1/s1. The summed E-state index contributed by atoms with van der Waals surface area (Å²) < 4.78 is 50.1. The smallest absolute Gasteiger partial charge is 0.416 e. The number of halogens is 5. The number of aromatic nitrogens is 2. The van der Waals surface area contributed by atoms with Crippen LogP contribution >= 0.6 is 35.0 Å². The molecule has 0 bridgehead atoms. The number of piperidine rings is 1. The number of likely N-dealkylation sites (N-methyl/N-ethyl adjacent to an activating group) is 1. The molecule has 1 saturated heterocycles. The maximum Gasteiger partial charge on any atom is 0.416 e. The van der Waals surface area contributed by atoms with Crippen LogP contribution < -0.4 is 5.56 Å². The summed E-state index contributed by atoms with van der Waals surface area (Å²) >= 11 is 14.4. The molecule has 43 heavy (non-hydrogen) atoms. The predicted molar refractivity (Wildman–Crippen MR) is 165 cm³/mol. The van der Waals surface area contributed by atoms with Crippen LogP contribution in [-0.2, 0) is 24.0 Å². The summed E-state index contributed by atoms with van der Waals surface area (Å²) in [5.41, 5.74) is -1.65. The summed E-state index contributed by atoms with van der Waals surface area (Å²) in [4.78, 5) is 34.7. The van der Waals surface area contributed by atoms with Gasteiger partial charge in [0.05, 0.1) is 34.4 Å². The van der Waals surface area contributed by atoms with E-state index in [4.69, 9.17) is 27.9 Å². The topological polar surface area (TPSA) is 67.7 Å². The van der Waals surface area contributed by atoms with Crippen molar-refractivity contribution in [3.63, 3.8) is 0 Å². The number of thioether (sulfide) groups is 1. The van der Waals surface area contributed by atoms with Crippen molar-refractivity contribution in [3.05, 3.63) is 67.7 Å². The SMILES string of the molecule is CCSc1ccc(Cl)cc1Cn1cnc2c(Cl)c(CN3CCC[C@@H](N(C)C(=O)OC(C)(C)C)C3)c(C(F)(F)F)cc2c1=O. The summed E-state index contributed by atoms with van der Waals surface area (Å²) in [7, 11) is 1.63. The minimum atomic E-state index is -4.76. The van der Waals surface area contributed by atoms with Crippen LogP contribution in [0.25, 0.3) is 10.9 Å². The number of hydrogen-bond acceptors (Lipinski definition) is 6. The Kier molecular flexibility index (Phi) is 10.3. The molecule has 1 atom stereocenters. The van der Waals surface area contributed by atoms with E-state index >= 15 is 0 Å². The van der Waals surface area contributed by atoms with Crippen molar-refractivity contribution in [2.75, 3.05) is 25.9 Å². The third-order valence-electron chi connectivity index (χ3n) is 7.22. The fraction of sp³-hybridized carbons (Fsp3) is 0.500. The van der Waals surface area contributed by atoms with Crippen molar-refractivity contribution in [3.8, 4) is 0 Å². The van der Waals surface area contributed by atoms with E-state index in [2.05, 4.69) is 4.98 Å². The van der Waals surface area contributed by atoms with E-state index in [-0.39, 0.29) is 40.6 Å². The average molecular weight is 660 g/mol. The summed E-state index contributed by atoms with van der Waals surface area (Å²) in [6, 6.07) is 5.95. The molecule has 7 nitrogen and oxygen atoms in total. The summed E-state index contributed by atoms with van der Waals surface area (Å²) in [6.45, 7) is 8.15. The molecule has 4 rings (SSSR count). The van der Waals surface area contributed by atoms with Gasteiger partial charge >= 0.3 is 12.3 Å². The zero-order chi connectivity index (χ0) is 31.7. The van der Waals surface area contributed by atoms with Gasteiger partial charge in [0.2, 0.25) is 0 Å². The predicted octanol–water partition coefficient (Wildman–Crippen LogP) is 7.71. The molecule has 2 heterocycles. The number of likely N-dealkylation sites (tertiary alicyclic amines) is 1. The molecule has 1 aliphatic heterocycles. The lowest BCUT2D eigenvalue weighted by Gasteiger charge is -2.38. The van der Waals surface area contributed by atoms with Gasteiger partial charge in [0.25, 0.3) is 5.56 Å². The van der Waals surface area contributed by atoms with Crippen LogP contribution in [0, 0.1) is 0 Å². The highest BCUT2D eigenvalue weighted by Gasteiger charge is 2.37. The molecule has 3 aromatic rings. The highest BCUT2D eigenvalue weighted by Crippen LogP contribution is 2.39. The van der Waals surface area contributed by atoms with Crippen molar-refractivity contribution < 1.29 is 22.7 Å².